The van der Waals surface area contributed by atoms with Gasteiger partial charge in [-0.2, -0.15) is 5.10 Å². The molecule has 4 nitrogen and oxygen atoms in total. The van der Waals surface area contributed by atoms with Crippen molar-refractivity contribution in [1.29, 1.82) is 0 Å². The molecule has 1 aromatic heterocycles. The fraction of sp³-hybridized carbons (Fsp3) is 0.700. The van der Waals surface area contributed by atoms with Crippen LogP contribution in [0.5, 0.6) is 0 Å². The van der Waals surface area contributed by atoms with E-state index >= 15 is 0 Å². The lowest BCUT2D eigenvalue weighted by atomic mass is 9.94. The highest BCUT2D eigenvalue weighted by atomic mass is 15.2. The highest BCUT2D eigenvalue weighted by molar-refractivity contribution is 5.35. The summed E-state index contributed by atoms with van der Waals surface area (Å²) in [6, 6.07) is 2.12. The fourth-order valence-electron chi connectivity index (χ4n) is 1.99. The lowest BCUT2D eigenvalue weighted by Gasteiger charge is -2.27. The average Bonchev–Trinajstić information content (AvgIpc) is 2.67. The molecule has 78 valence electrons. The Labute approximate surface area is 84.7 Å². The first-order valence-corrected chi connectivity index (χ1v) is 5.21. The van der Waals surface area contributed by atoms with Crippen LogP contribution in [-0.2, 0) is 0 Å². The first-order chi connectivity index (χ1) is 6.79. The van der Waals surface area contributed by atoms with Crippen molar-refractivity contribution in [3.8, 4) is 0 Å². The van der Waals surface area contributed by atoms with Crippen LogP contribution in [0, 0.1) is 0 Å². The molecule has 0 unspecified atom stereocenters. The van der Waals surface area contributed by atoms with Crippen molar-refractivity contribution in [3.05, 3.63) is 11.8 Å². The quantitative estimate of drug-likeness (QED) is 0.745. The molecule has 4 heteroatoms. The standard InChI is InChI=1S/C10H18N4/c1-11-10-7-9(12-13-10)8-3-5-14(2)6-4-8/h7-8H,3-6H2,1-2H3,(H2,11,12,13). The van der Waals surface area contributed by atoms with Crippen molar-refractivity contribution in [2.24, 2.45) is 0 Å². The number of aromatic nitrogens is 2. The predicted octanol–water partition coefficient (Wildman–Crippen LogP) is 1.26. The summed E-state index contributed by atoms with van der Waals surface area (Å²) < 4.78 is 0. The predicted molar refractivity (Wildman–Crippen MR) is 57.6 cm³/mol. The summed E-state index contributed by atoms with van der Waals surface area (Å²) in [6.07, 6.45) is 2.48. The molecule has 2 rings (SSSR count). The van der Waals surface area contributed by atoms with Gasteiger partial charge in [0.25, 0.3) is 0 Å². The molecular formula is C10H18N4. The van der Waals surface area contributed by atoms with Crippen molar-refractivity contribution >= 4 is 5.82 Å². The van der Waals surface area contributed by atoms with Gasteiger partial charge in [-0.3, -0.25) is 5.10 Å². The normalized spacial score (nSPS) is 19.9. The lowest BCUT2D eigenvalue weighted by molar-refractivity contribution is 0.253. The molecule has 0 spiro atoms. The zero-order valence-electron chi connectivity index (χ0n) is 8.88. The maximum absolute atomic E-state index is 4.18. The van der Waals surface area contributed by atoms with E-state index in [1.807, 2.05) is 7.05 Å². The molecular weight excluding hydrogens is 176 g/mol. The fourth-order valence-corrected chi connectivity index (χ4v) is 1.99. The minimum absolute atomic E-state index is 0.667. The van der Waals surface area contributed by atoms with Crippen LogP contribution in [0.1, 0.15) is 24.5 Å². The van der Waals surface area contributed by atoms with Gasteiger partial charge in [-0.05, 0) is 33.0 Å². The van der Waals surface area contributed by atoms with E-state index in [2.05, 4.69) is 33.5 Å². The molecule has 0 aromatic carbocycles. The Balaban J connectivity index is 2.01. The van der Waals surface area contributed by atoms with E-state index in [1.165, 1.54) is 31.6 Å². The van der Waals surface area contributed by atoms with Crippen LogP contribution >= 0.6 is 0 Å². The second-order valence-electron chi connectivity index (χ2n) is 4.04. The van der Waals surface area contributed by atoms with Gasteiger partial charge in [-0.25, -0.2) is 0 Å². The van der Waals surface area contributed by atoms with Gasteiger partial charge < -0.3 is 10.2 Å². The number of hydrogen-bond acceptors (Lipinski definition) is 3. The summed E-state index contributed by atoms with van der Waals surface area (Å²) in [5.74, 6) is 1.61. The smallest absolute Gasteiger partial charge is 0.147 e. The van der Waals surface area contributed by atoms with E-state index in [1.54, 1.807) is 0 Å². The zero-order valence-corrected chi connectivity index (χ0v) is 8.88. The van der Waals surface area contributed by atoms with Gasteiger partial charge in [0.1, 0.15) is 5.82 Å². The molecule has 0 amide bonds. The first-order valence-electron chi connectivity index (χ1n) is 5.21. The Kier molecular flexibility index (Phi) is 2.72. The number of aromatic amines is 1. The maximum atomic E-state index is 4.18. The molecule has 14 heavy (non-hydrogen) atoms. The van der Waals surface area contributed by atoms with Crippen molar-refractivity contribution in [2.45, 2.75) is 18.8 Å². The molecule has 0 aliphatic carbocycles. The number of nitrogens with zero attached hydrogens (tertiary/aromatic N) is 2. The zero-order chi connectivity index (χ0) is 9.97. The van der Waals surface area contributed by atoms with Gasteiger partial charge in [0.05, 0.1) is 0 Å². The van der Waals surface area contributed by atoms with Crippen LogP contribution in [0.3, 0.4) is 0 Å². The molecule has 1 aliphatic heterocycles. The monoisotopic (exact) mass is 194 g/mol. The van der Waals surface area contributed by atoms with Gasteiger partial charge in [-0.15, -0.1) is 0 Å². The van der Waals surface area contributed by atoms with E-state index in [9.17, 15) is 0 Å². The number of nitrogens with one attached hydrogen (secondary N) is 2. The minimum Gasteiger partial charge on any atom is -0.372 e. The van der Waals surface area contributed by atoms with Crippen molar-refractivity contribution in [2.75, 3.05) is 32.5 Å². The van der Waals surface area contributed by atoms with Crippen molar-refractivity contribution < 1.29 is 0 Å². The first kappa shape index (κ1) is 9.52. The summed E-state index contributed by atoms with van der Waals surface area (Å²) in [5, 5.41) is 10.3. The van der Waals surface area contributed by atoms with Crippen LogP contribution in [0.2, 0.25) is 0 Å². The third-order valence-corrected chi connectivity index (χ3v) is 3.01. The number of piperidine rings is 1. The Morgan fingerprint density at radius 2 is 2.21 bits per heavy atom. The Morgan fingerprint density at radius 3 is 2.79 bits per heavy atom. The second-order valence-corrected chi connectivity index (χ2v) is 4.04. The van der Waals surface area contributed by atoms with E-state index < -0.39 is 0 Å². The third-order valence-electron chi connectivity index (χ3n) is 3.01. The second kappa shape index (κ2) is 4.00. The molecule has 1 saturated heterocycles. The van der Waals surface area contributed by atoms with E-state index in [4.69, 9.17) is 0 Å². The summed E-state index contributed by atoms with van der Waals surface area (Å²) in [5.41, 5.74) is 1.28. The topological polar surface area (TPSA) is 44.0 Å². The highest BCUT2D eigenvalue weighted by Crippen LogP contribution is 2.26. The van der Waals surface area contributed by atoms with Gasteiger partial charge in [0, 0.05) is 24.7 Å². The molecule has 2 heterocycles. The highest BCUT2D eigenvalue weighted by Gasteiger charge is 2.19. The van der Waals surface area contributed by atoms with Crippen LogP contribution < -0.4 is 5.32 Å². The number of anilines is 1. The van der Waals surface area contributed by atoms with Crippen LogP contribution in [0.15, 0.2) is 6.07 Å². The summed E-state index contributed by atoms with van der Waals surface area (Å²) in [6.45, 7) is 2.39. The Bertz CT molecular complexity index is 286. The van der Waals surface area contributed by atoms with Crippen LogP contribution in [0.4, 0.5) is 5.82 Å². The summed E-state index contributed by atoms with van der Waals surface area (Å²) in [7, 11) is 4.08. The van der Waals surface area contributed by atoms with Gasteiger partial charge in [0.2, 0.25) is 0 Å². The largest absolute Gasteiger partial charge is 0.372 e. The summed E-state index contributed by atoms with van der Waals surface area (Å²) in [4.78, 5) is 2.38. The molecule has 2 N–H and O–H groups in total. The van der Waals surface area contributed by atoms with Gasteiger partial charge >= 0.3 is 0 Å². The lowest BCUT2D eigenvalue weighted by Crippen LogP contribution is -2.29. The Morgan fingerprint density at radius 1 is 1.50 bits per heavy atom. The van der Waals surface area contributed by atoms with Crippen molar-refractivity contribution in [1.82, 2.24) is 15.1 Å². The minimum atomic E-state index is 0.667. The molecule has 0 atom stereocenters. The summed E-state index contributed by atoms with van der Waals surface area (Å²) >= 11 is 0. The molecule has 1 aliphatic rings. The molecule has 0 radical (unpaired) electrons. The molecule has 0 bridgehead atoms. The Hall–Kier alpha value is -1.03. The molecule has 1 fully saturated rings. The van der Waals surface area contributed by atoms with Gasteiger partial charge in [0.15, 0.2) is 0 Å². The van der Waals surface area contributed by atoms with E-state index in [0.29, 0.717) is 5.92 Å². The van der Waals surface area contributed by atoms with Gasteiger partial charge in [-0.1, -0.05) is 0 Å². The number of hydrogen-bond donors (Lipinski definition) is 2. The third kappa shape index (κ3) is 1.90. The SMILES string of the molecule is CNc1cc(C2CCN(C)CC2)[nH]n1. The number of H-pyrrole nitrogens is 1. The molecule has 0 saturated carbocycles. The van der Waals surface area contributed by atoms with E-state index in [0.717, 1.165) is 5.82 Å². The average molecular weight is 194 g/mol. The number of likely N-dealkylation sites (tertiary alicyclic amines) is 1. The van der Waals surface area contributed by atoms with Crippen molar-refractivity contribution in [3.63, 3.8) is 0 Å². The van der Waals surface area contributed by atoms with Crippen LogP contribution in [-0.4, -0.2) is 42.3 Å². The van der Waals surface area contributed by atoms with Crippen LogP contribution in [0.25, 0.3) is 0 Å². The maximum Gasteiger partial charge on any atom is 0.147 e. The molecule has 1 aromatic rings. The number of rotatable bonds is 2. The van der Waals surface area contributed by atoms with E-state index in [-0.39, 0.29) is 0 Å².